The van der Waals surface area contributed by atoms with Gasteiger partial charge in [-0.1, -0.05) is 23.7 Å². The molecule has 1 aromatic rings. The number of phenolic OH excluding ortho intramolecular Hbond substituents is 1. The Balaban J connectivity index is 2.36. The number of phenols is 1. The monoisotopic (exact) mass is 314 g/mol. The second-order valence-corrected chi connectivity index (χ2v) is 6.32. The minimum atomic E-state index is -0.507. The number of amides is 1. The van der Waals surface area contributed by atoms with Gasteiger partial charge in [0.2, 0.25) is 0 Å². The molecule has 0 radical (unpaired) electrons. The number of hydrogen-bond acceptors (Lipinski definition) is 4. The molecule has 118 valence electrons. The van der Waals surface area contributed by atoms with Crippen molar-refractivity contribution in [3.63, 3.8) is 0 Å². The third-order valence-electron chi connectivity index (χ3n) is 2.66. The summed E-state index contributed by atoms with van der Waals surface area (Å²) in [5.41, 5.74) is 0.208. The molecule has 5 nitrogen and oxygen atoms in total. The molecule has 1 unspecified atom stereocenters. The first-order chi connectivity index (χ1) is 9.69. The number of rotatable bonds is 5. The molecule has 1 atom stereocenters. The molecular weight excluding hydrogens is 292 g/mol. The summed E-state index contributed by atoms with van der Waals surface area (Å²) < 4.78 is 5.15. The Morgan fingerprint density at radius 3 is 2.71 bits per heavy atom. The van der Waals surface area contributed by atoms with Crippen LogP contribution in [0.15, 0.2) is 18.2 Å². The molecule has 0 saturated carbocycles. The maximum absolute atomic E-state index is 11.5. The van der Waals surface area contributed by atoms with Gasteiger partial charge in [-0.05, 0) is 33.8 Å². The predicted octanol–water partition coefficient (Wildman–Crippen LogP) is 3.05. The van der Waals surface area contributed by atoms with Crippen LogP contribution in [-0.4, -0.2) is 29.4 Å². The van der Waals surface area contributed by atoms with Crippen LogP contribution in [-0.2, 0) is 11.3 Å². The number of aromatic hydroxyl groups is 1. The Labute approximate surface area is 130 Å². The molecule has 6 heteroatoms. The summed E-state index contributed by atoms with van der Waals surface area (Å²) in [6, 6.07) is 5.23. The van der Waals surface area contributed by atoms with E-state index < -0.39 is 11.7 Å². The van der Waals surface area contributed by atoms with E-state index >= 15 is 0 Å². The molecule has 0 aliphatic heterocycles. The summed E-state index contributed by atoms with van der Waals surface area (Å²) in [4.78, 5) is 11.5. The van der Waals surface area contributed by atoms with Gasteiger partial charge in [-0.25, -0.2) is 4.79 Å². The van der Waals surface area contributed by atoms with Crippen LogP contribution in [0.5, 0.6) is 5.75 Å². The van der Waals surface area contributed by atoms with Crippen LogP contribution in [0, 0.1) is 0 Å². The molecule has 1 aromatic carbocycles. The van der Waals surface area contributed by atoms with E-state index in [0.29, 0.717) is 23.7 Å². The second-order valence-electron chi connectivity index (χ2n) is 5.91. The van der Waals surface area contributed by atoms with E-state index in [-0.39, 0.29) is 11.8 Å². The first-order valence-corrected chi connectivity index (χ1v) is 7.23. The molecule has 0 heterocycles. The van der Waals surface area contributed by atoms with Crippen molar-refractivity contribution < 1.29 is 14.6 Å². The van der Waals surface area contributed by atoms with Crippen molar-refractivity contribution in [2.24, 2.45) is 0 Å². The van der Waals surface area contributed by atoms with Crippen LogP contribution in [0.25, 0.3) is 0 Å². The number of carbonyl (C=O) groups excluding carboxylic acids is 1. The molecule has 0 aliphatic carbocycles. The molecule has 0 bridgehead atoms. The average Bonchev–Trinajstić information content (AvgIpc) is 2.36. The van der Waals surface area contributed by atoms with Gasteiger partial charge in [0, 0.05) is 24.7 Å². The highest BCUT2D eigenvalue weighted by Gasteiger charge is 2.16. The Morgan fingerprint density at radius 2 is 2.10 bits per heavy atom. The number of benzene rings is 1. The summed E-state index contributed by atoms with van der Waals surface area (Å²) in [5.74, 6) is 0.0824. The van der Waals surface area contributed by atoms with Gasteiger partial charge in [0.1, 0.15) is 11.4 Å². The molecule has 0 fully saturated rings. The quantitative estimate of drug-likeness (QED) is 0.781. The van der Waals surface area contributed by atoms with E-state index in [0.717, 1.165) is 0 Å². The van der Waals surface area contributed by atoms with Gasteiger partial charge in [0.25, 0.3) is 0 Å². The molecule has 1 amide bonds. The summed E-state index contributed by atoms with van der Waals surface area (Å²) in [6.07, 6.45) is -0.443. The van der Waals surface area contributed by atoms with Gasteiger partial charge in [0.15, 0.2) is 0 Å². The van der Waals surface area contributed by atoms with Crippen LogP contribution < -0.4 is 10.6 Å². The number of hydrogen-bond donors (Lipinski definition) is 3. The fraction of sp³-hybridized carbons (Fsp3) is 0.533. The highest BCUT2D eigenvalue weighted by molar-refractivity contribution is 6.32. The molecule has 0 aromatic heterocycles. The van der Waals surface area contributed by atoms with E-state index in [4.69, 9.17) is 16.3 Å². The lowest BCUT2D eigenvalue weighted by Gasteiger charge is -2.21. The van der Waals surface area contributed by atoms with E-state index in [1.54, 1.807) is 18.2 Å². The van der Waals surface area contributed by atoms with Crippen molar-refractivity contribution in [2.75, 3.05) is 6.54 Å². The SMILES string of the molecule is CC(CNC(=O)OC(C)(C)C)NCc1cccc(Cl)c1O. The van der Waals surface area contributed by atoms with Gasteiger partial charge in [-0.2, -0.15) is 0 Å². The van der Waals surface area contributed by atoms with Crippen LogP contribution in [0.1, 0.15) is 33.3 Å². The van der Waals surface area contributed by atoms with Crippen LogP contribution in [0.2, 0.25) is 5.02 Å². The fourth-order valence-corrected chi connectivity index (χ4v) is 1.80. The lowest BCUT2D eigenvalue weighted by Crippen LogP contribution is -2.41. The second kappa shape index (κ2) is 7.52. The Hall–Kier alpha value is -1.46. The summed E-state index contributed by atoms with van der Waals surface area (Å²) in [7, 11) is 0. The highest BCUT2D eigenvalue weighted by Crippen LogP contribution is 2.26. The zero-order valence-corrected chi connectivity index (χ0v) is 13.6. The van der Waals surface area contributed by atoms with Gasteiger partial charge < -0.3 is 20.5 Å². The molecule has 1 rings (SSSR count). The average molecular weight is 315 g/mol. The molecule has 0 saturated heterocycles. The van der Waals surface area contributed by atoms with Crippen molar-refractivity contribution >= 4 is 17.7 Å². The van der Waals surface area contributed by atoms with Gasteiger partial charge in [-0.15, -0.1) is 0 Å². The number of para-hydroxylation sites is 1. The summed E-state index contributed by atoms with van der Waals surface area (Å²) in [5, 5.41) is 16.0. The molecular formula is C15H23ClN2O3. The van der Waals surface area contributed by atoms with Crippen molar-refractivity contribution in [1.82, 2.24) is 10.6 Å². The van der Waals surface area contributed by atoms with Crippen molar-refractivity contribution in [1.29, 1.82) is 0 Å². The predicted molar refractivity (Wildman–Crippen MR) is 83.7 cm³/mol. The molecule has 21 heavy (non-hydrogen) atoms. The Bertz CT molecular complexity index is 486. The first kappa shape index (κ1) is 17.6. The van der Waals surface area contributed by atoms with Gasteiger partial charge in [0.05, 0.1) is 5.02 Å². The van der Waals surface area contributed by atoms with Crippen molar-refractivity contribution in [3.05, 3.63) is 28.8 Å². The smallest absolute Gasteiger partial charge is 0.407 e. The van der Waals surface area contributed by atoms with Crippen LogP contribution in [0.4, 0.5) is 4.79 Å². The summed E-state index contributed by atoms with van der Waals surface area (Å²) >= 11 is 5.84. The van der Waals surface area contributed by atoms with Gasteiger partial charge in [-0.3, -0.25) is 0 Å². The van der Waals surface area contributed by atoms with Crippen LogP contribution in [0.3, 0.4) is 0 Å². The van der Waals surface area contributed by atoms with Crippen molar-refractivity contribution in [3.8, 4) is 5.75 Å². The van der Waals surface area contributed by atoms with E-state index in [2.05, 4.69) is 10.6 Å². The third-order valence-corrected chi connectivity index (χ3v) is 2.97. The van der Waals surface area contributed by atoms with Crippen molar-refractivity contribution in [2.45, 2.75) is 45.9 Å². The van der Waals surface area contributed by atoms with E-state index in [1.165, 1.54) is 0 Å². The zero-order valence-electron chi connectivity index (χ0n) is 12.9. The zero-order chi connectivity index (χ0) is 16.0. The maximum Gasteiger partial charge on any atom is 0.407 e. The summed E-state index contributed by atoms with van der Waals surface area (Å²) in [6.45, 7) is 8.27. The molecule has 0 aliphatic rings. The minimum absolute atomic E-state index is 0.0240. The number of ether oxygens (including phenoxy) is 1. The highest BCUT2D eigenvalue weighted by atomic mass is 35.5. The van der Waals surface area contributed by atoms with Crippen LogP contribution >= 0.6 is 11.6 Å². The normalized spacial score (nSPS) is 12.8. The van der Waals surface area contributed by atoms with E-state index in [9.17, 15) is 9.90 Å². The molecule has 3 N–H and O–H groups in total. The number of halogens is 1. The standard InChI is InChI=1S/C15H23ClN2O3/c1-10(8-18-14(20)21-15(2,3)4)17-9-11-6-5-7-12(16)13(11)19/h5-7,10,17,19H,8-9H2,1-4H3,(H,18,20). The first-order valence-electron chi connectivity index (χ1n) is 6.85. The van der Waals surface area contributed by atoms with Gasteiger partial charge >= 0.3 is 6.09 Å². The lowest BCUT2D eigenvalue weighted by atomic mass is 10.2. The number of alkyl carbamates (subject to hydrolysis) is 1. The fourth-order valence-electron chi connectivity index (χ4n) is 1.61. The lowest BCUT2D eigenvalue weighted by molar-refractivity contribution is 0.0523. The molecule has 0 spiro atoms. The topological polar surface area (TPSA) is 70.6 Å². The Kier molecular flexibility index (Phi) is 6.30. The number of carbonyl (C=O) groups is 1. The van der Waals surface area contributed by atoms with E-state index in [1.807, 2.05) is 27.7 Å². The Morgan fingerprint density at radius 1 is 1.43 bits per heavy atom. The largest absolute Gasteiger partial charge is 0.506 e. The minimum Gasteiger partial charge on any atom is -0.506 e. The number of nitrogens with one attached hydrogen (secondary N) is 2. The maximum atomic E-state index is 11.5. The third kappa shape index (κ3) is 6.69.